The van der Waals surface area contributed by atoms with Gasteiger partial charge in [0.1, 0.15) is 0 Å². The number of anilines is 2. The quantitative estimate of drug-likeness (QED) is 0.677. The normalized spacial score (nSPS) is 10.2. The maximum Gasteiger partial charge on any atom is 0.319 e. The van der Waals surface area contributed by atoms with Gasteiger partial charge in [0.05, 0.1) is 13.0 Å². The summed E-state index contributed by atoms with van der Waals surface area (Å²) < 4.78 is 5.06. The van der Waals surface area contributed by atoms with Gasteiger partial charge in [-0.25, -0.2) is 4.79 Å². The van der Waals surface area contributed by atoms with E-state index < -0.39 is 0 Å². The molecule has 2 rings (SSSR count). The molecule has 0 aliphatic rings. The number of nitrogens with one attached hydrogen (secondary N) is 3. The Morgan fingerprint density at radius 1 is 0.885 bits per heavy atom. The van der Waals surface area contributed by atoms with E-state index in [1.807, 2.05) is 43.3 Å². The van der Waals surface area contributed by atoms with Crippen molar-refractivity contribution in [2.45, 2.75) is 26.4 Å². The highest BCUT2D eigenvalue weighted by molar-refractivity contribution is 5.92. The molecule has 0 radical (unpaired) electrons. The third-order valence-corrected chi connectivity index (χ3v) is 3.66. The Bertz CT molecular complexity index is 712. The van der Waals surface area contributed by atoms with Gasteiger partial charge < -0.3 is 20.7 Å². The van der Waals surface area contributed by atoms with E-state index >= 15 is 0 Å². The van der Waals surface area contributed by atoms with Crippen molar-refractivity contribution in [3.63, 3.8) is 0 Å². The highest BCUT2D eigenvalue weighted by atomic mass is 16.5. The highest BCUT2D eigenvalue weighted by Crippen LogP contribution is 2.13. The highest BCUT2D eigenvalue weighted by Gasteiger charge is 2.06. The van der Waals surface area contributed by atoms with E-state index in [4.69, 9.17) is 4.74 Å². The zero-order chi connectivity index (χ0) is 18.8. The number of ether oxygens (including phenoxy) is 1. The minimum atomic E-state index is -0.228. The monoisotopic (exact) mass is 355 g/mol. The van der Waals surface area contributed by atoms with Gasteiger partial charge in [-0.15, -0.1) is 0 Å². The van der Waals surface area contributed by atoms with E-state index in [2.05, 4.69) is 16.0 Å². The van der Waals surface area contributed by atoms with Gasteiger partial charge in [-0.2, -0.15) is 0 Å². The molecule has 0 saturated carbocycles. The topological polar surface area (TPSA) is 79.5 Å². The third kappa shape index (κ3) is 6.57. The van der Waals surface area contributed by atoms with E-state index in [0.717, 1.165) is 23.2 Å². The second kappa shape index (κ2) is 10.2. The van der Waals surface area contributed by atoms with Gasteiger partial charge >= 0.3 is 6.03 Å². The number of hydrogen-bond acceptors (Lipinski definition) is 3. The second-order valence-corrected chi connectivity index (χ2v) is 5.93. The summed E-state index contributed by atoms with van der Waals surface area (Å²) >= 11 is 0. The molecule has 6 heteroatoms. The van der Waals surface area contributed by atoms with Crippen molar-refractivity contribution in [2.75, 3.05) is 24.3 Å². The SMILES string of the molecule is CCCNC(=O)Nc1ccc(CC(=O)Nc2ccc(COC)cc2)cc1. The predicted octanol–water partition coefficient (Wildman–Crippen LogP) is 3.55. The molecule has 3 N–H and O–H groups in total. The molecule has 2 aromatic carbocycles. The van der Waals surface area contributed by atoms with Crippen molar-refractivity contribution in [1.82, 2.24) is 5.32 Å². The summed E-state index contributed by atoms with van der Waals surface area (Å²) in [5.74, 6) is -0.0918. The lowest BCUT2D eigenvalue weighted by Crippen LogP contribution is -2.29. The van der Waals surface area contributed by atoms with Crippen molar-refractivity contribution in [2.24, 2.45) is 0 Å². The lowest BCUT2D eigenvalue weighted by Gasteiger charge is -2.09. The fourth-order valence-corrected chi connectivity index (χ4v) is 2.36. The van der Waals surface area contributed by atoms with Crippen LogP contribution in [0.15, 0.2) is 48.5 Å². The molecule has 0 atom stereocenters. The molecule has 138 valence electrons. The van der Waals surface area contributed by atoms with E-state index in [9.17, 15) is 9.59 Å². The molecule has 0 aromatic heterocycles. The van der Waals surface area contributed by atoms with Gasteiger partial charge in [0.25, 0.3) is 0 Å². The van der Waals surface area contributed by atoms with Gasteiger partial charge in [0.15, 0.2) is 0 Å². The van der Waals surface area contributed by atoms with Gasteiger partial charge in [-0.05, 0) is 41.8 Å². The van der Waals surface area contributed by atoms with Crippen molar-refractivity contribution in [1.29, 1.82) is 0 Å². The molecule has 0 aliphatic carbocycles. The maximum absolute atomic E-state index is 12.2. The fraction of sp³-hybridized carbons (Fsp3) is 0.300. The molecule has 0 heterocycles. The Labute approximate surface area is 153 Å². The summed E-state index contributed by atoms with van der Waals surface area (Å²) in [4.78, 5) is 23.8. The number of amides is 3. The summed E-state index contributed by atoms with van der Waals surface area (Å²) in [6, 6.07) is 14.6. The Morgan fingerprint density at radius 3 is 2.04 bits per heavy atom. The first-order valence-electron chi connectivity index (χ1n) is 8.62. The molecule has 0 fully saturated rings. The summed E-state index contributed by atoms with van der Waals surface area (Å²) in [5.41, 5.74) is 3.37. The number of rotatable bonds is 8. The summed E-state index contributed by atoms with van der Waals surface area (Å²) in [5, 5.41) is 8.37. The smallest absolute Gasteiger partial charge is 0.319 e. The van der Waals surface area contributed by atoms with Crippen molar-refractivity contribution in [3.8, 4) is 0 Å². The molecular formula is C20H25N3O3. The molecule has 0 aliphatic heterocycles. The predicted molar refractivity (Wildman–Crippen MR) is 103 cm³/mol. The minimum absolute atomic E-state index is 0.0918. The van der Waals surface area contributed by atoms with Crippen LogP contribution in [-0.2, 0) is 22.6 Å². The van der Waals surface area contributed by atoms with Gasteiger partial charge in [0, 0.05) is 25.0 Å². The number of carbonyl (C=O) groups is 2. The Kier molecular flexibility index (Phi) is 7.64. The first kappa shape index (κ1) is 19.5. The third-order valence-electron chi connectivity index (χ3n) is 3.66. The van der Waals surface area contributed by atoms with Crippen LogP contribution in [0, 0.1) is 0 Å². The van der Waals surface area contributed by atoms with Crippen molar-refractivity contribution in [3.05, 3.63) is 59.7 Å². The fourth-order valence-electron chi connectivity index (χ4n) is 2.36. The molecule has 0 bridgehead atoms. The standard InChI is InChI=1S/C20H25N3O3/c1-3-12-21-20(25)23-18-8-4-15(5-9-18)13-19(24)22-17-10-6-16(7-11-17)14-26-2/h4-11H,3,12-14H2,1-2H3,(H,22,24)(H2,21,23,25). The van der Waals surface area contributed by atoms with Crippen LogP contribution in [0.3, 0.4) is 0 Å². The molecule has 3 amide bonds. The lowest BCUT2D eigenvalue weighted by atomic mass is 10.1. The van der Waals surface area contributed by atoms with Crippen LogP contribution in [-0.4, -0.2) is 25.6 Å². The number of urea groups is 1. The Balaban J connectivity index is 1.84. The van der Waals surface area contributed by atoms with Gasteiger partial charge in [-0.1, -0.05) is 31.2 Å². The summed E-state index contributed by atoms with van der Waals surface area (Å²) in [6.45, 7) is 3.18. The first-order chi connectivity index (χ1) is 12.6. The van der Waals surface area contributed by atoms with Crippen LogP contribution >= 0.6 is 0 Å². The first-order valence-corrected chi connectivity index (χ1v) is 8.62. The maximum atomic E-state index is 12.2. The number of methoxy groups -OCH3 is 1. The average Bonchev–Trinajstić information content (AvgIpc) is 2.63. The number of hydrogen-bond donors (Lipinski definition) is 3. The molecule has 6 nitrogen and oxygen atoms in total. The summed E-state index contributed by atoms with van der Waals surface area (Å²) in [7, 11) is 1.65. The Hall–Kier alpha value is -2.86. The largest absolute Gasteiger partial charge is 0.380 e. The van der Waals surface area contributed by atoms with Crippen LogP contribution in [0.4, 0.5) is 16.2 Å². The van der Waals surface area contributed by atoms with Gasteiger partial charge in [0.2, 0.25) is 5.91 Å². The molecule has 0 spiro atoms. The Morgan fingerprint density at radius 2 is 1.46 bits per heavy atom. The van der Waals surface area contributed by atoms with Crippen molar-refractivity contribution < 1.29 is 14.3 Å². The van der Waals surface area contributed by atoms with Crippen molar-refractivity contribution >= 4 is 23.3 Å². The second-order valence-electron chi connectivity index (χ2n) is 5.93. The van der Waals surface area contributed by atoms with Crippen LogP contribution in [0.25, 0.3) is 0 Å². The molecule has 2 aromatic rings. The van der Waals surface area contributed by atoms with E-state index in [0.29, 0.717) is 18.8 Å². The van der Waals surface area contributed by atoms with Crippen LogP contribution in [0.5, 0.6) is 0 Å². The van der Waals surface area contributed by atoms with Crippen LogP contribution < -0.4 is 16.0 Å². The molecule has 0 saturated heterocycles. The lowest BCUT2D eigenvalue weighted by molar-refractivity contribution is -0.115. The average molecular weight is 355 g/mol. The van der Waals surface area contributed by atoms with E-state index in [1.54, 1.807) is 19.2 Å². The molecule has 0 unspecified atom stereocenters. The molecular weight excluding hydrogens is 330 g/mol. The zero-order valence-corrected chi connectivity index (χ0v) is 15.2. The molecule has 26 heavy (non-hydrogen) atoms. The zero-order valence-electron chi connectivity index (χ0n) is 15.2. The number of carbonyl (C=O) groups excluding carboxylic acids is 2. The summed E-state index contributed by atoms with van der Waals surface area (Å²) in [6.07, 6.45) is 1.15. The number of benzene rings is 2. The van der Waals surface area contributed by atoms with Gasteiger partial charge in [-0.3, -0.25) is 4.79 Å². The minimum Gasteiger partial charge on any atom is -0.380 e. The van der Waals surface area contributed by atoms with Crippen LogP contribution in [0.2, 0.25) is 0 Å². The van der Waals surface area contributed by atoms with E-state index in [1.165, 1.54) is 0 Å². The van der Waals surface area contributed by atoms with Crippen LogP contribution in [0.1, 0.15) is 24.5 Å². The van der Waals surface area contributed by atoms with E-state index in [-0.39, 0.29) is 18.4 Å².